The van der Waals surface area contributed by atoms with Crippen molar-refractivity contribution in [3.05, 3.63) is 74.4 Å². The monoisotopic (exact) mass is 433 g/mol. The lowest BCUT2D eigenvalue weighted by Crippen LogP contribution is -2.17. The minimum Gasteiger partial charge on any atom is -0.507 e. The standard InChI is InChI=1S/C19H12ClNO5S2/c20-11-4-5-14(22)12(8-11)19(24)21-13-2-1-3-15-16(13)17(23)18-10(6-7-27-18)9-28(15,25)26/h1-8,22H,9H2,(H,21,24). The minimum atomic E-state index is -3.77. The van der Waals surface area contributed by atoms with Gasteiger partial charge in [0.25, 0.3) is 5.91 Å². The SMILES string of the molecule is O=C(Nc1cccc2c1C(=O)c1sccc1CS2(=O)=O)c1cc(Cl)ccc1O. The van der Waals surface area contributed by atoms with Crippen LogP contribution in [-0.4, -0.2) is 25.2 Å². The maximum atomic E-state index is 13.1. The Bertz CT molecular complexity index is 1250. The summed E-state index contributed by atoms with van der Waals surface area (Å²) in [6.07, 6.45) is 0. The Labute approximate surface area is 169 Å². The summed E-state index contributed by atoms with van der Waals surface area (Å²) in [5.74, 6) is -1.75. The van der Waals surface area contributed by atoms with Gasteiger partial charge in [-0.05, 0) is 47.3 Å². The van der Waals surface area contributed by atoms with Crippen molar-refractivity contribution >= 4 is 50.2 Å². The maximum absolute atomic E-state index is 13.1. The predicted molar refractivity (Wildman–Crippen MR) is 106 cm³/mol. The summed E-state index contributed by atoms with van der Waals surface area (Å²) in [5, 5.41) is 14.4. The van der Waals surface area contributed by atoms with Gasteiger partial charge < -0.3 is 10.4 Å². The molecule has 0 saturated carbocycles. The summed E-state index contributed by atoms with van der Waals surface area (Å²) in [5.41, 5.74) is 0.317. The van der Waals surface area contributed by atoms with E-state index in [1.807, 2.05) is 0 Å². The molecule has 0 unspecified atom stereocenters. The Morgan fingerprint density at radius 3 is 2.75 bits per heavy atom. The first-order valence-corrected chi connectivity index (χ1v) is 11.0. The van der Waals surface area contributed by atoms with Gasteiger partial charge in [0.1, 0.15) is 5.75 Å². The molecule has 1 aliphatic heterocycles. The van der Waals surface area contributed by atoms with E-state index in [0.29, 0.717) is 10.4 Å². The molecule has 0 radical (unpaired) electrons. The Morgan fingerprint density at radius 2 is 1.96 bits per heavy atom. The number of nitrogens with one attached hydrogen (secondary N) is 1. The second kappa shape index (κ2) is 6.73. The molecular weight excluding hydrogens is 422 g/mol. The number of carbonyl (C=O) groups excluding carboxylic acids is 2. The molecule has 2 heterocycles. The van der Waals surface area contributed by atoms with E-state index in [1.165, 1.54) is 36.4 Å². The highest BCUT2D eigenvalue weighted by molar-refractivity contribution is 7.90. The number of fused-ring (bicyclic) bond motifs is 2. The fraction of sp³-hybridized carbons (Fsp3) is 0.0526. The lowest BCUT2D eigenvalue weighted by Gasteiger charge is -2.13. The van der Waals surface area contributed by atoms with E-state index in [2.05, 4.69) is 5.32 Å². The van der Waals surface area contributed by atoms with Gasteiger partial charge in [-0.1, -0.05) is 17.7 Å². The number of anilines is 1. The molecule has 2 N–H and O–H groups in total. The Hall–Kier alpha value is -2.68. The summed E-state index contributed by atoms with van der Waals surface area (Å²) in [4.78, 5) is 25.9. The lowest BCUT2D eigenvalue weighted by atomic mass is 10.0. The zero-order valence-corrected chi connectivity index (χ0v) is 16.5. The molecule has 0 spiro atoms. The number of phenolic OH excluding ortho intramolecular Hbond substituents is 1. The van der Waals surface area contributed by atoms with Crippen LogP contribution in [-0.2, 0) is 15.6 Å². The third-order valence-corrected chi connectivity index (χ3v) is 7.23. The highest BCUT2D eigenvalue weighted by Gasteiger charge is 2.33. The predicted octanol–water partition coefficient (Wildman–Crippen LogP) is 3.88. The van der Waals surface area contributed by atoms with E-state index in [9.17, 15) is 23.1 Å². The van der Waals surface area contributed by atoms with Crippen molar-refractivity contribution in [2.75, 3.05) is 5.32 Å². The zero-order chi connectivity index (χ0) is 20.1. The number of amides is 1. The molecule has 0 atom stereocenters. The van der Waals surface area contributed by atoms with Crippen LogP contribution in [0.25, 0.3) is 0 Å². The van der Waals surface area contributed by atoms with Gasteiger partial charge in [-0.15, -0.1) is 11.3 Å². The van der Waals surface area contributed by atoms with Crippen LogP contribution in [0, 0.1) is 0 Å². The number of ketones is 1. The summed E-state index contributed by atoms with van der Waals surface area (Å²) in [7, 11) is -3.77. The Balaban J connectivity index is 1.85. The van der Waals surface area contributed by atoms with Crippen LogP contribution in [0.2, 0.25) is 5.02 Å². The second-order valence-corrected chi connectivity index (χ2v) is 9.47. The van der Waals surface area contributed by atoms with Crippen LogP contribution in [0.3, 0.4) is 0 Å². The number of sulfone groups is 1. The number of halogens is 1. The van der Waals surface area contributed by atoms with Gasteiger partial charge >= 0.3 is 0 Å². The van der Waals surface area contributed by atoms with E-state index < -0.39 is 21.5 Å². The van der Waals surface area contributed by atoms with Crippen molar-refractivity contribution < 1.29 is 23.1 Å². The van der Waals surface area contributed by atoms with Gasteiger partial charge in [-0.3, -0.25) is 9.59 Å². The smallest absolute Gasteiger partial charge is 0.259 e. The third kappa shape index (κ3) is 3.09. The first-order chi connectivity index (χ1) is 13.3. The van der Waals surface area contributed by atoms with Crippen LogP contribution in [0.15, 0.2) is 52.7 Å². The molecular formula is C19H12ClNO5S2. The molecule has 9 heteroatoms. The topological polar surface area (TPSA) is 101 Å². The number of aromatic hydroxyl groups is 1. The average Bonchev–Trinajstić information content (AvgIpc) is 3.07. The minimum absolute atomic E-state index is 0.0525. The van der Waals surface area contributed by atoms with Crippen molar-refractivity contribution in [1.29, 1.82) is 0 Å². The molecule has 2 aromatic carbocycles. The largest absolute Gasteiger partial charge is 0.507 e. The van der Waals surface area contributed by atoms with E-state index in [-0.39, 0.29) is 38.2 Å². The van der Waals surface area contributed by atoms with Crippen LogP contribution in [0.1, 0.15) is 31.2 Å². The van der Waals surface area contributed by atoms with E-state index in [4.69, 9.17) is 11.6 Å². The number of thiophene rings is 1. The molecule has 0 fully saturated rings. The number of hydrogen-bond donors (Lipinski definition) is 2. The summed E-state index contributed by atoms with van der Waals surface area (Å²) >= 11 is 7.04. The van der Waals surface area contributed by atoms with Crippen molar-refractivity contribution in [2.24, 2.45) is 0 Å². The van der Waals surface area contributed by atoms with Gasteiger partial charge in [0.05, 0.1) is 32.3 Å². The average molecular weight is 434 g/mol. The Morgan fingerprint density at radius 1 is 1.18 bits per heavy atom. The van der Waals surface area contributed by atoms with E-state index >= 15 is 0 Å². The molecule has 0 saturated heterocycles. The second-order valence-electron chi connectivity index (χ2n) is 6.16. The van der Waals surface area contributed by atoms with Crippen LogP contribution < -0.4 is 5.32 Å². The molecule has 3 aromatic rings. The maximum Gasteiger partial charge on any atom is 0.259 e. The molecule has 0 bridgehead atoms. The van der Waals surface area contributed by atoms with Gasteiger partial charge in [0.15, 0.2) is 9.84 Å². The number of hydrogen-bond acceptors (Lipinski definition) is 6. The number of phenols is 1. The van der Waals surface area contributed by atoms with Gasteiger partial charge in [0, 0.05) is 5.02 Å². The summed E-state index contributed by atoms with van der Waals surface area (Å²) < 4.78 is 25.6. The first kappa shape index (κ1) is 18.7. The molecule has 0 aliphatic carbocycles. The van der Waals surface area contributed by atoms with Crippen LogP contribution in [0.5, 0.6) is 5.75 Å². The third-order valence-electron chi connectivity index (χ3n) is 4.34. The number of rotatable bonds is 2. The zero-order valence-electron chi connectivity index (χ0n) is 14.1. The normalized spacial score (nSPS) is 14.7. The fourth-order valence-electron chi connectivity index (χ4n) is 3.05. The molecule has 142 valence electrons. The van der Waals surface area contributed by atoms with E-state index in [0.717, 1.165) is 11.3 Å². The first-order valence-electron chi connectivity index (χ1n) is 8.04. The van der Waals surface area contributed by atoms with Gasteiger partial charge in [-0.25, -0.2) is 8.42 Å². The van der Waals surface area contributed by atoms with Crippen molar-refractivity contribution in [1.82, 2.24) is 0 Å². The lowest BCUT2D eigenvalue weighted by molar-refractivity contribution is 0.102. The molecule has 28 heavy (non-hydrogen) atoms. The molecule has 1 aliphatic rings. The van der Waals surface area contributed by atoms with Crippen molar-refractivity contribution in [2.45, 2.75) is 10.6 Å². The highest BCUT2D eigenvalue weighted by Crippen LogP contribution is 2.36. The Kier molecular flexibility index (Phi) is 4.49. The number of benzene rings is 2. The van der Waals surface area contributed by atoms with E-state index in [1.54, 1.807) is 11.4 Å². The molecule has 6 nitrogen and oxygen atoms in total. The summed E-state index contributed by atoms with van der Waals surface area (Å²) in [6, 6.07) is 9.85. The molecule has 4 rings (SSSR count). The van der Waals surface area contributed by atoms with Crippen molar-refractivity contribution in [3.63, 3.8) is 0 Å². The fourth-order valence-corrected chi connectivity index (χ4v) is 5.79. The van der Waals surface area contributed by atoms with Crippen LogP contribution in [0.4, 0.5) is 5.69 Å². The molecule has 1 amide bonds. The quantitative estimate of drug-likeness (QED) is 0.638. The van der Waals surface area contributed by atoms with Crippen molar-refractivity contribution in [3.8, 4) is 5.75 Å². The van der Waals surface area contributed by atoms with Gasteiger partial charge in [-0.2, -0.15) is 0 Å². The van der Waals surface area contributed by atoms with Crippen LogP contribution >= 0.6 is 22.9 Å². The molecule has 1 aromatic heterocycles. The highest BCUT2D eigenvalue weighted by atomic mass is 35.5. The summed E-state index contributed by atoms with van der Waals surface area (Å²) in [6.45, 7) is 0. The van der Waals surface area contributed by atoms with Gasteiger partial charge in [0.2, 0.25) is 5.78 Å². The number of carbonyl (C=O) groups is 2.